The number of aryl methyl sites for hydroxylation is 2. The van der Waals surface area contributed by atoms with Crippen molar-refractivity contribution < 1.29 is 14.6 Å². The summed E-state index contributed by atoms with van der Waals surface area (Å²) in [5.41, 5.74) is 0.978. The fraction of sp³-hybridized carbons (Fsp3) is 0.545. The summed E-state index contributed by atoms with van der Waals surface area (Å²) in [6.45, 7) is 4.45. The first-order valence-corrected chi connectivity index (χ1v) is 5.49. The second-order valence-corrected chi connectivity index (χ2v) is 3.52. The fourth-order valence-corrected chi connectivity index (χ4v) is 1.31. The zero-order valence-corrected chi connectivity index (χ0v) is 10.1. The Kier molecular flexibility index (Phi) is 5.35. The first-order valence-electron chi connectivity index (χ1n) is 5.49. The second-order valence-electron chi connectivity index (χ2n) is 3.52. The topological polar surface area (TPSA) is 84.3 Å². The highest BCUT2D eigenvalue weighted by Gasteiger charge is 2.00. The summed E-state index contributed by atoms with van der Waals surface area (Å²) in [6, 6.07) is 1.88. The van der Waals surface area contributed by atoms with Gasteiger partial charge in [-0.2, -0.15) is 0 Å². The predicted molar refractivity (Wildman–Crippen MR) is 63.1 cm³/mol. The zero-order valence-electron chi connectivity index (χ0n) is 10.1. The number of anilines is 1. The van der Waals surface area contributed by atoms with E-state index in [0.29, 0.717) is 13.2 Å². The van der Waals surface area contributed by atoms with Gasteiger partial charge in [0.2, 0.25) is 0 Å². The lowest BCUT2D eigenvalue weighted by atomic mass is 10.3. The van der Waals surface area contributed by atoms with E-state index >= 15 is 0 Å². The third kappa shape index (κ3) is 5.26. The highest BCUT2D eigenvalue weighted by Crippen LogP contribution is 2.06. The molecule has 0 saturated carbocycles. The van der Waals surface area contributed by atoms with Gasteiger partial charge >= 0.3 is 5.97 Å². The van der Waals surface area contributed by atoms with Gasteiger partial charge < -0.3 is 15.2 Å². The van der Waals surface area contributed by atoms with Gasteiger partial charge in [-0.05, 0) is 13.3 Å². The molecule has 0 unspecified atom stereocenters. The van der Waals surface area contributed by atoms with Crippen molar-refractivity contribution >= 4 is 11.8 Å². The van der Waals surface area contributed by atoms with Crippen molar-refractivity contribution in [3.05, 3.63) is 17.6 Å². The first-order chi connectivity index (χ1) is 8.11. The van der Waals surface area contributed by atoms with E-state index in [0.717, 1.165) is 23.8 Å². The van der Waals surface area contributed by atoms with Crippen LogP contribution in [0.4, 0.5) is 5.82 Å². The SMILES string of the molecule is CCc1cc(NCCOCC(=O)O)nc(C)n1. The molecule has 0 aliphatic heterocycles. The Bertz CT molecular complexity index is 382. The lowest BCUT2D eigenvalue weighted by Gasteiger charge is -2.07. The quantitative estimate of drug-likeness (QED) is 0.686. The molecule has 0 aliphatic carbocycles. The molecule has 0 fully saturated rings. The molecule has 1 heterocycles. The van der Waals surface area contributed by atoms with Crippen LogP contribution in [0.1, 0.15) is 18.4 Å². The van der Waals surface area contributed by atoms with Gasteiger partial charge in [0.05, 0.1) is 6.61 Å². The Balaban J connectivity index is 2.36. The van der Waals surface area contributed by atoms with Crippen LogP contribution in [0, 0.1) is 6.92 Å². The number of carboxylic acids is 1. The van der Waals surface area contributed by atoms with Gasteiger partial charge in [0, 0.05) is 18.3 Å². The Hall–Kier alpha value is -1.69. The number of nitrogens with one attached hydrogen (secondary N) is 1. The lowest BCUT2D eigenvalue weighted by molar-refractivity contribution is -0.142. The number of nitrogens with zero attached hydrogens (tertiary/aromatic N) is 2. The average molecular weight is 239 g/mol. The van der Waals surface area contributed by atoms with Crippen molar-refractivity contribution in [3.8, 4) is 0 Å². The Morgan fingerprint density at radius 3 is 2.94 bits per heavy atom. The van der Waals surface area contributed by atoms with Crippen molar-refractivity contribution in [1.82, 2.24) is 9.97 Å². The summed E-state index contributed by atoms with van der Waals surface area (Å²) in [4.78, 5) is 18.7. The number of aliphatic carboxylic acids is 1. The Morgan fingerprint density at radius 1 is 1.53 bits per heavy atom. The number of carbonyl (C=O) groups is 1. The molecule has 0 spiro atoms. The largest absolute Gasteiger partial charge is 0.480 e. The van der Waals surface area contributed by atoms with Gasteiger partial charge in [0.15, 0.2) is 0 Å². The number of hydrogen-bond donors (Lipinski definition) is 2. The van der Waals surface area contributed by atoms with E-state index in [1.54, 1.807) is 0 Å². The van der Waals surface area contributed by atoms with Gasteiger partial charge in [0.1, 0.15) is 18.2 Å². The van der Waals surface area contributed by atoms with E-state index in [1.165, 1.54) is 0 Å². The molecule has 1 aromatic heterocycles. The van der Waals surface area contributed by atoms with Crippen LogP contribution >= 0.6 is 0 Å². The number of carboxylic acid groups (broad SMARTS) is 1. The summed E-state index contributed by atoms with van der Waals surface area (Å²) in [5.74, 6) is 0.503. The lowest BCUT2D eigenvalue weighted by Crippen LogP contribution is -2.15. The molecule has 0 aliphatic rings. The van der Waals surface area contributed by atoms with Crippen molar-refractivity contribution in [2.75, 3.05) is 25.1 Å². The van der Waals surface area contributed by atoms with Gasteiger partial charge in [0.25, 0.3) is 0 Å². The van der Waals surface area contributed by atoms with E-state index in [2.05, 4.69) is 15.3 Å². The van der Waals surface area contributed by atoms with E-state index < -0.39 is 5.97 Å². The predicted octanol–water partition coefficient (Wildman–Crippen LogP) is 0.861. The van der Waals surface area contributed by atoms with Crippen LogP contribution in [0.25, 0.3) is 0 Å². The van der Waals surface area contributed by atoms with Gasteiger partial charge in [-0.25, -0.2) is 14.8 Å². The molecule has 0 bridgehead atoms. The highest BCUT2D eigenvalue weighted by atomic mass is 16.5. The van der Waals surface area contributed by atoms with E-state index in [9.17, 15) is 4.79 Å². The van der Waals surface area contributed by atoms with Crippen molar-refractivity contribution in [3.63, 3.8) is 0 Å². The minimum Gasteiger partial charge on any atom is -0.480 e. The summed E-state index contributed by atoms with van der Waals surface area (Å²) in [5, 5.41) is 11.4. The zero-order chi connectivity index (χ0) is 12.7. The molecule has 0 radical (unpaired) electrons. The van der Waals surface area contributed by atoms with Gasteiger partial charge in [-0.1, -0.05) is 6.92 Å². The third-order valence-corrected chi connectivity index (χ3v) is 2.03. The molecule has 6 nitrogen and oxygen atoms in total. The maximum atomic E-state index is 10.2. The molecule has 0 amide bonds. The monoisotopic (exact) mass is 239 g/mol. The van der Waals surface area contributed by atoms with Crippen LogP contribution in [0.5, 0.6) is 0 Å². The normalized spacial score (nSPS) is 10.2. The maximum Gasteiger partial charge on any atom is 0.329 e. The number of aromatic nitrogens is 2. The molecule has 2 N–H and O–H groups in total. The maximum absolute atomic E-state index is 10.2. The van der Waals surface area contributed by atoms with Crippen LogP contribution < -0.4 is 5.32 Å². The number of rotatable bonds is 7. The van der Waals surface area contributed by atoms with E-state index in [-0.39, 0.29) is 6.61 Å². The summed E-state index contributed by atoms with van der Waals surface area (Å²) in [7, 11) is 0. The standard InChI is InChI=1S/C11H17N3O3/c1-3-9-6-10(14-8(2)13-9)12-4-5-17-7-11(15)16/h6H,3-5,7H2,1-2H3,(H,15,16)(H,12,13,14). The van der Waals surface area contributed by atoms with Crippen LogP contribution in [-0.4, -0.2) is 40.8 Å². The van der Waals surface area contributed by atoms with Crippen molar-refractivity contribution in [2.45, 2.75) is 20.3 Å². The molecule has 0 atom stereocenters. The van der Waals surface area contributed by atoms with Crippen LogP contribution in [0.15, 0.2) is 6.07 Å². The summed E-state index contributed by atoms with van der Waals surface area (Å²) in [6.07, 6.45) is 0.855. The molecular formula is C11H17N3O3. The van der Waals surface area contributed by atoms with Crippen molar-refractivity contribution in [1.29, 1.82) is 0 Å². The van der Waals surface area contributed by atoms with Crippen LogP contribution in [0.3, 0.4) is 0 Å². The highest BCUT2D eigenvalue weighted by molar-refractivity contribution is 5.67. The first kappa shape index (κ1) is 13.4. The van der Waals surface area contributed by atoms with Gasteiger partial charge in [-0.3, -0.25) is 0 Å². The minimum atomic E-state index is -0.962. The number of ether oxygens (including phenoxy) is 1. The summed E-state index contributed by atoms with van der Waals surface area (Å²) < 4.78 is 4.90. The van der Waals surface area contributed by atoms with Crippen LogP contribution in [0.2, 0.25) is 0 Å². The van der Waals surface area contributed by atoms with Crippen molar-refractivity contribution in [2.24, 2.45) is 0 Å². The van der Waals surface area contributed by atoms with E-state index in [4.69, 9.17) is 9.84 Å². The van der Waals surface area contributed by atoms with E-state index in [1.807, 2.05) is 19.9 Å². The fourth-order valence-electron chi connectivity index (χ4n) is 1.31. The molecule has 0 aromatic carbocycles. The Morgan fingerprint density at radius 2 is 2.29 bits per heavy atom. The number of hydrogen-bond acceptors (Lipinski definition) is 5. The molecule has 6 heteroatoms. The molecule has 0 saturated heterocycles. The average Bonchev–Trinajstić information content (AvgIpc) is 2.27. The summed E-state index contributed by atoms with van der Waals surface area (Å²) >= 11 is 0. The molecule has 1 rings (SSSR count). The molecular weight excluding hydrogens is 222 g/mol. The second kappa shape index (κ2) is 6.80. The van der Waals surface area contributed by atoms with Crippen LogP contribution in [-0.2, 0) is 16.0 Å². The molecule has 94 valence electrons. The molecule has 1 aromatic rings. The Labute approximate surface area is 100 Å². The minimum absolute atomic E-state index is 0.273. The third-order valence-electron chi connectivity index (χ3n) is 2.03. The van der Waals surface area contributed by atoms with Gasteiger partial charge in [-0.15, -0.1) is 0 Å². The molecule has 17 heavy (non-hydrogen) atoms. The smallest absolute Gasteiger partial charge is 0.329 e.